The second kappa shape index (κ2) is 7.25. The number of para-hydroxylation sites is 1. The number of allylic oxidation sites excluding steroid dienone is 2. The molecule has 1 heterocycles. The van der Waals surface area contributed by atoms with E-state index in [-0.39, 0.29) is 5.78 Å². The lowest BCUT2D eigenvalue weighted by molar-refractivity contribution is 0.104. The smallest absolute Gasteiger partial charge is 0.194 e. The van der Waals surface area contributed by atoms with Crippen LogP contribution in [-0.2, 0) is 0 Å². The number of anilines is 1. The molecule has 4 aromatic carbocycles. The van der Waals surface area contributed by atoms with E-state index in [1.807, 2.05) is 72.9 Å². The molecule has 6 rings (SSSR count). The fourth-order valence-electron chi connectivity index (χ4n) is 3.94. The van der Waals surface area contributed by atoms with E-state index >= 15 is 0 Å². The van der Waals surface area contributed by atoms with Crippen LogP contribution in [0.25, 0.3) is 28.0 Å². The first-order valence-corrected chi connectivity index (χ1v) is 9.67. The van der Waals surface area contributed by atoms with Crippen LogP contribution in [0.2, 0.25) is 0 Å². The summed E-state index contributed by atoms with van der Waals surface area (Å²) in [6.07, 6.45) is 8.03. The third kappa shape index (κ3) is 3.05. The van der Waals surface area contributed by atoms with E-state index in [2.05, 4.69) is 41.7 Å². The van der Waals surface area contributed by atoms with Gasteiger partial charge >= 0.3 is 0 Å². The summed E-state index contributed by atoms with van der Waals surface area (Å²) in [7, 11) is 0. The van der Waals surface area contributed by atoms with Crippen LogP contribution in [-0.4, -0.2) is 5.78 Å². The van der Waals surface area contributed by atoms with Gasteiger partial charge in [0.05, 0.1) is 0 Å². The maximum atomic E-state index is 12.5. The lowest BCUT2D eigenvalue weighted by Gasteiger charge is -2.19. The summed E-state index contributed by atoms with van der Waals surface area (Å²) < 4.78 is 0. The Bertz CT molecular complexity index is 1290. The number of hydrogen-bond donors (Lipinski definition) is 1. The first-order valence-electron chi connectivity index (χ1n) is 9.67. The molecule has 0 fully saturated rings. The van der Waals surface area contributed by atoms with Crippen molar-refractivity contribution in [3.63, 3.8) is 0 Å². The minimum Gasteiger partial charge on any atom is -0.361 e. The molecule has 0 radical (unpaired) electrons. The van der Waals surface area contributed by atoms with Gasteiger partial charge in [-0.05, 0) is 34.2 Å². The molecule has 4 aromatic rings. The van der Waals surface area contributed by atoms with E-state index in [0.717, 1.165) is 33.2 Å². The number of carbonyl (C=O) groups is 1. The number of ketones is 1. The van der Waals surface area contributed by atoms with E-state index in [1.165, 1.54) is 11.1 Å². The van der Waals surface area contributed by atoms with Gasteiger partial charge < -0.3 is 5.32 Å². The first kappa shape index (κ1) is 17.2. The summed E-state index contributed by atoms with van der Waals surface area (Å²) in [5.41, 5.74) is 6.24. The zero-order chi connectivity index (χ0) is 19.6. The minimum atomic E-state index is 0.134. The summed E-state index contributed by atoms with van der Waals surface area (Å²) in [5, 5.41) is 5.40. The Morgan fingerprint density at radius 1 is 0.586 bits per heavy atom. The van der Waals surface area contributed by atoms with Gasteiger partial charge in [-0.25, -0.2) is 0 Å². The SMILES string of the molecule is C1=CNc2ccccc2C=C1.O=C1c2ccccc2-c2cccc3cccc1c23. The first-order chi connectivity index (χ1) is 14.3. The van der Waals surface area contributed by atoms with Crippen LogP contribution in [0.15, 0.2) is 103 Å². The van der Waals surface area contributed by atoms with Gasteiger partial charge in [0.2, 0.25) is 0 Å². The van der Waals surface area contributed by atoms with Crippen LogP contribution in [0.1, 0.15) is 21.5 Å². The number of carbonyl (C=O) groups excluding carboxylic acids is 1. The van der Waals surface area contributed by atoms with Crippen molar-refractivity contribution < 1.29 is 4.79 Å². The van der Waals surface area contributed by atoms with Crippen molar-refractivity contribution in [1.82, 2.24) is 0 Å². The second-order valence-electron chi connectivity index (χ2n) is 7.03. The van der Waals surface area contributed by atoms with Crippen LogP contribution in [0.3, 0.4) is 0 Å². The number of rotatable bonds is 0. The maximum Gasteiger partial charge on any atom is 0.194 e. The maximum absolute atomic E-state index is 12.5. The number of nitrogens with one attached hydrogen (secondary N) is 1. The molecule has 0 unspecified atom stereocenters. The quantitative estimate of drug-likeness (QED) is 0.328. The average molecular weight is 373 g/mol. The lowest BCUT2D eigenvalue weighted by Crippen LogP contribution is -2.09. The largest absolute Gasteiger partial charge is 0.361 e. The van der Waals surface area contributed by atoms with Crippen molar-refractivity contribution in [1.29, 1.82) is 0 Å². The van der Waals surface area contributed by atoms with Gasteiger partial charge in [0.15, 0.2) is 5.78 Å². The monoisotopic (exact) mass is 373 g/mol. The van der Waals surface area contributed by atoms with Gasteiger partial charge in [-0.15, -0.1) is 0 Å². The number of benzene rings is 4. The molecule has 1 aliphatic heterocycles. The summed E-state index contributed by atoms with van der Waals surface area (Å²) in [4.78, 5) is 12.5. The Balaban J connectivity index is 0.000000142. The summed E-state index contributed by atoms with van der Waals surface area (Å²) in [5.74, 6) is 0.134. The zero-order valence-electron chi connectivity index (χ0n) is 15.8. The van der Waals surface area contributed by atoms with Gasteiger partial charge in [-0.2, -0.15) is 0 Å². The Morgan fingerprint density at radius 3 is 2.14 bits per heavy atom. The molecule has 0 saturated heterocycles. The molecule has 0 saturated carbocycles. The Hall–Kier alpha value is -3.91. The second-order valence-corrected chi connectivity index (χ2v) is 7.03. The molecule has 1 N–H and O–H groups in total. The Labute approximate surface area is 169 Å². The van der Waals surface area contributed by atoms with Gasteiger partial charge in [0.1, 0.15) is 0 Å². The predicted molar refractivity (Wildman–Crippen MR) is 121 cm³/mol. The predicted octanol–water partition coefficient (Wildman–Crippen LogP) is 6.69. The lowest BCUT2D eigenvalue weighted by atomic mass is 9.83. The molecule has 0 aromatic heterocycles. The highest BCUT2D eigenvalue weighted by Crippen LogP contribution is 2.38. The summed E-state index contributed by atoms with van der Waals surface area (Å²) >= 11 is 0. The average Bonchev–Trinajstić information content (AvgIpc) is 3.03. The highest BCUT2D eigenvalue weighted by Gasteiger charge is 2.23. The van der Waals surface area contributed by atoms with E-state index < -0.39 is 0 Å². The van der Waals surface area contributed by atoms with Crippen LogP contribution in [0.4, 0.5) is 5.69 Å². The Kier molecular flexibility index (Phi) is 4.30. The van der Waals surface area contributed by atoms with Crippen molar-refractivity contribution in [3.8, 4) is 11.1 Å². The molecule has 2 heteroatoms. The highest BCUT2D eigenvalue weighted by molar-refractivity contribution is 6.25. The van der Waals surface area contributed by atoms with Crippen molar-refractivity contribution >= 4 is 28.3 Å². The third-order valence-corrected chi connectivity index (χ3v) is 5.29. The standard InChI is InChI=1S/C17H10O.C10H9N/c18-17-14-8-2-1-7-12(14)13-9-3-5-11-6-4-10-15(17)16(11)13;1-2-7-10-9(5-1)6-3-4-8-11-10/h1-10H;1-8,11H. The number of fused-ring (bicyclic) bond motifs is 3. The van der Waals surface area contributed by atoms with Gasteiger partial charge in [0, 0.05) is 28.4 Å². The van der Waals surface area contributed by atoms with Crippen molar-refractivity contribution in [3.05, 3.63) is 120 Å². The molecular weight excluding hydrogens is 354 g/mol. The molecule has 1 aliphatic carbocycles. The Morgan fingerprint density at radius 2 is 1.28 bits per heavy atom. The van der Waals surface area contributed by atoms with E-state index in [0.29, 0.717) is 0 Å². The van der Waals surface area contributed by atoms with Crippen molar-refractivity contribution in [2.45, 2.75) is 0 Å². The minimum absolute atomic E-state index is 0.134. The van der Waals surface area contributed by atoms with Gasteiger partial charge in [-0.1, -0.05) is 91.0 Å². The van der Waals surface area contributed by atoms with Crippen molar-refractivity contribution in [2.24, 2.45) is 0 Å². The fourth-order valence-corrected chi connectivity index (χ4v) is 3.94. The topological polar surface area (TPSA) is 29.1 Å². The molecule has 138 valence electrons. The molecule has 29 heavy (non-hydrogen) atoms. The highest BCUT2D eigenvalue weighted by atomic mass is 16.1. The van der Waals surface area contributed by atoms with Crippen LogP contribution >= 0.6 is 0 Å². The van der Waals surface area contributed by atoms with E-state index in [1.54, 1.807) is 0 Å². The zero-order valence-corrected chi connectivity index (χ0v) is 15.8. The molecule has 0 amide bonds. The molecular formula is C27H19NO. The van der Waals surface area contributed by atoms with Gasteiger partial charge in [0.25, 0.3) is 0 Å². The summed E-state index contributed by atoms with van der Waals surface area (Å²) in [6, 6.07) is 28.2. The van der Waals surface area contributed by atoms with Crippen LogP contribution in [0.5, 0.6) is 0 Å². The van der Waals surface area contributed by atoms with Crippen LogP contribution < -0.4 is 5.32 Å². The van der Waals surface area contributed by atoms with E-state index in [4.69, 9.17) is 0 Å². The van der Waals surface area contributed by atoms with Crippen molar-refractivity contribution in [2.75, 3.05) is 5.32 Å². The third-order valence-electron chi connectivity index (χ3n) is 5.29. The normalized spacial score (nSPS) is 12.9. The fraction of sp³-hybridized carbons (Fsp3) is 0. The molecule has 0 spiro atoms. The molecule has 2 nitrogen and oxygen atoms in total. The molecule has 0 bridgehead atoms. The number of hydrogen-bond acceptors (Lipinski definition) is 2. The van der Waals surface area contributed by atoms with Crippen LogP contribution in [0, 0.1) is 0 Å². The summed E-state index contributed by atoms with van der Waals surface area (Å²) in [6.45, 7) is 0. The van der Waals surface area contributed by atoms with Gasteiger partial charge in [-0.3, -0.25) is 4.79 Å². The molecule has 0 atom stereocenters. The molecule has 2 aliphatic rings. The van der Waals surface area contributed by atoms with E-state index in [9.17, 15) is 4.79 Å².